The van der Waals surface area contributed by atoms with Crippen molar-refractivity contribution in [3.05, 3.63) is 42.2 Å². The van der Waals surface area contributed by atoms with E-state index in [-0.39, 0.29) is 35.0 Å². The molecule has 1 aliphatic rings. The van der Waals surface area contributed by atoms with Crippen molar-refractivity contribution < 1.29 is 17.9 Å². The molecule has 2 aromatic rings. The molecule has 1 fully saturated rings. The number of rotatable bonds is 7. The smallest absolute Gasteiger partial charge is 0.225 e. The van der Waals surface area contributed by atoms with Gasteiger partial charge in [0.15, 0.2) is 9.84 Å². The first kappa shape index (κ1) is 22.2. The summed E-state index contributed by atoms with van der Waals surface area (Å²) in [7, 11) is -1.35. The van der Waals surface area contributed by atoms with Crippen molar-refractivity contribution in [2.45, 2.75) is 10.8 Å². The number of halogens is 1. The van der Waals surface area contributed by atoms with E-state index in [2.05, 4.69) is 15.7 Å². The Balaban J connectivity index is 0.00000280. The Kier molecular flexibility index (Phi) is 7.45. The van der Waals surface area contributed by atoms with Gasteiger partial charge >= 0.3 is 0 Å². The summed E-state index contributed by atoms with van der Waals surface area (Å²) in [5.41, 5.74) is 1.06. The van der Waals surface area contributed by atoms with Crippen LogP contribution in [0.5, 0.6) is 5.75 Å². The average Bonchev–Trinajstić information content (AvgIpc) is 3.27. The second-order valence-corrected chi connectivity index (χ2v) is 8.72. The number of carbonyl (C=O) groups excluding carboxylic acids is 1. The number of sulfone groups is 1. The summed E-state index contributed by atoms with van der Waals surface area (Å²) in [6.07, 6.45) is 4.91. The fraction of sp³-hybridized carbons (Fsp3) is 0.444. The topological polar surface area (TPSA) is 102 Å². The fourth-order valence-corrected chi connectivity index (χ4v) is 3.82. The molecule has 1 saturated heterocycles. The van der Waals surface area contributed by atoms with E-state index in [4.69, 9.17) is 4.74 Å². The Morgan fingerprint density at radius 3 is 2.64 bits per heavy atom. The molecule has 2 atom stereocenters. The van der Waals surface area contributed by atoms with Gasteiger partial charge in [0.05, 0.1) is 23.6 Å². The van der Waals surface area contributed by atoms with E-state index in [1.165, 1.54) is 12.1 Å². The molecule has 154 valence electrons. The van der Waals surface area contributed by atoms with Gasteiger partial charge in [-0.15, -0.1) is 12.4 Å². The standard InChI is InChI=1S/C18H24N4O4S.ClH/c1-22-12-13(9-21-22)16-10-19-11-17(16)18(23)20-7-8-26-14-3-5-15(6-4-14)27(2,24)25;/h3-6,9,12,16-17,19H,7-8,10-11H2,1-2H3,(H,20,23);1H/t16-,17+;/m1./s1. The van der Waals surface area contributed by atoms with Gasteiger partial charge in [-0.2, -0.15) is 5.10 Å². The second kappa shape index (κ2) is 9.40. The van der Waals surface area contributed by atoms with Crippen LogP contribution >= 0.6 is 12.4 Å². The summed E-state index contributed by atoms with van der Waals surface area (Å²) < 4.78 is 30.2. The van der Waals surface area contributed by atoms with Crippen molar-refractivity contribution in [1.29, 1.82) is 0 Å². The molecule has 2 heterocycles. The van der Waals surface area contributed by atoms with Gasteiger partial charge in [-0.3, -0.25) is 9.48 Å². The van der Waals surface area contributed by atoms with Gasteiger partial charge in [0, 0.05) is 38.5 Å². The predicted molar refractivity (Wildman–Crippen MR) is 108 cm³/mol. The molecule has 8 nitrogen and oxygen atoms in total. The normalized spacial score (nSPS) is 19.1. The number of ether oxygens (including phenoxy) is 1. The zero-order valence-corrected chi connectivity index (χ0v) is 17.4. The third-order valence-corrected chi connectivity index (χ3v) is 5.75. The van der Waals surface area contributed by atoms with Crippen molar-refractivity contribution in [3.8, 4) is 5.75 Å². The van der Waals surface area contributed by atoms with Crippen LogP contribution in [0.25, 0.3) is 0 Å². The van der Waals surface area contributed by atoms with Gasteiger partial charge in [-0.05, 0) is 29.8 Å². The summed E-state index contributed by atoms with van der Waals surface area (Å²) in [5.74, 6) is 0.531. The van der Waals surface area contributed by atoms with Crippen LogP contribution in [0.15, 0.2) is 41.6 Å². The number of aromatic nitrogens is 2. The number of amides is 1. The van der Waals surface area contributed by atoms with Gasteiger partial charge in [0.25, 0.3) is 0 Å². The maximum Gasteiger partial charge on any atom is 0.225 e. The predicted octanol–water partition coefficient (Wildman–Crippen LogP) is 0.744. The number of aryl methyl sites for hydroxylation is 1. The van der Waals surface area contributed by atoms with Crippen LogP contribution in [-0.2, 0) is 21.7 Å². The van der Waals surface area contributed by atoms with Crippen LogP contribution in [0.2, 0.25) is 0 Å². The molecule has 0 bridgehead atoms. The Hall–Kier alpha value is -2.10. The molecule has 1 aromatic carbocycles. The van der Waals surface area contributed by atoms with E-state index in [1.807, 2.05) is 13.2 Å². The van der Waals surface area contributed by atoms with Gasteiger partial charge in [0.1, 0.15) is 12.4 Å². The van der Waals surface area contributed by atoms with Crippen molar-refractivity contribution in [1.82, 2.24) is 20.4 Å². The van der Waals surface area contributed by atoms with Crippen molar-refractivity contribution >= 4 is 28.2 Å². The molecule has 1 aromatic heterocycles. The third-order valence-electron chi connectivity index (χ3n) is 4.63. The summed E-state index contributed by atoms with van der Waals surface area (Å²) >= 11 is 0. The maximum absolute atomic E-state index is 12.5. The monoisotopic (exact) mass is 428 g/mol. The lowest BCUT2D eigenvalue weighted by atomic mass is 9.90. The van der Waals surface area contributed by atoms with Crippen LogP contribution in [0.1, 0.15) is 11.5 Å². The number of benzene rings is 1. The van der Waals surface area contributed by atoms with E-state index < -0.39 is 9.84 Å². The first-order valence-electron chi connectivity index (χ1n) is 8.74. The van der Waals surface area contributed by atoms with E-state index in [0.717, 1.165) is 18.4 Å². The SMILES string of the molecule is Cl.Cn1cc([C@H]2CNC[C@@H]2C(=O)NCCOc2ccc(S(C)(=O)=O)cc2)cn1. The molecule has 0 spiro atoms. The maximum atomic E-state index is 12.5. The molecule has 3 rings (SSSR count). The third kappa shape index (κ3) is 5.46. The molecule has 1 aliphatic heterocycles. The Morgan fingerprint density at radius 1 is 1.32 bits per heavy atom. The lowest BCUT2D eigenvalue weighted by Crippen LogP contribution is -2.36. The molecule has 1 amide bonds. The largest absolute Gasteiger partial charge is 0.492 e. The van der Waals surface area contributed by atoms with Crippen molar-refractivity contribution in [2.24, 2.45) is 13.0 Å². The van der Waals surface area contributed by atoms with Crippen LogP contribution in [0, 0.1) is 5.92 Å². The van der Waals surface area contributed by atoms with Gasteiger partial charge < -0.3 is 15.4 Å². The van der Waals surface area contributed by atoms with E-state index in [0.29, 0.717) is 25.4 Å². The minimum atomic E-state index is -3.22. The molecule has 0 saturated carbocycles. The summed E-state index contributed by atoms with van der Waals surface area (Å²) in [5, 5.41) is 10.4. The molecule has 0 unspecified atom stereocenters. The highest BCUT2D eigenvalue weighted by Crippen LogP contribution is 2.27. The first-order valence-corrected chi connectivity index (χ1v) is 10.6. The van der Waals surface area contributed by atoms with Crippen LogP contribution in [-0.4, -0.2) is 56.6 Å². The van der Waals surface area contributed by atoms with Crippen LogP contribution in [0.3, 0.4) is 0 Å². The molecule has 2 N–H and O–H groups in total. The van der Waals surface area contributed by atoms with Crippen molar-refractivity contribution in [3.63, 3.8) is 0 Å². The number of carbonyl (C=O) groups is 1. The quantitative estimate of drug-likeness (QED) is 0.631. The Morgan fingerprint density at radius 2 is 2.04 bits per heavy atom. The molecular formula is C18H25ClN4O4S. The highest BCUT2D eigenvalue weighted by Gasteiger charge is 2.34. The molecular weight excluding hydrogens is 404 g/mol. The Bertz CT molecular complexity index is 899. The number of nitrogens with one attached hydrogen (secondary N) is 2. The summed E-state index contributed by atoms with van der Waals surface area (Å²) in [6, 6.07) is 6.23. The lowest BCUT2D eigenvalue weighted by molar-refractivity contribution is -0.124. The summed E-state index contributed by atoms with van der Waals surface area (Å²) in [6.45, 7) is 2.08. The van der Waals surface area contributed by atoms with Crippen LogP contribution in [0.4, 0.5) is 0 Å². The number of nitrogens with zero attached hydrogens (tertiary/aromatic N) is 2. The number of hydrogen-bond acceptors (Lipinski definition) is 6. The minimum Gasteiger partial charge on any atom is -0.492 e. The van der Waals surface area contributed by atoms with E-state index in [9.17, 15) is 13.2 Å². The Labute approximate surface area is 171 Å². The molecule has 0 radical (unpaired) electrons. The molecule has 28 heavy (non-hydrogen) atoms. The van der Waals surface area contributed by atoms with E-state index in [1.54, 1.807) is 23.0 Å². The second-order valence-electron chi connectivity index (χ2n) is 6.70. The zero-order valence-electron chi connectivity index (χ0n) is 15.8. The average molecular weight is 429 g/mol. The van der Waals surface area contributed by atoms with Crippen LogP contribution < -0.4 is 15.4 Å². The minimum absolute atomic E-state index is 0. The summed E-state index contributed by atoms with van der Waals surface area (Å²) in [4.78, 5) is 12.8. The highest BCUT2D eigenvalue weighted by atomic mass is 35.5. The van der Waals surface area contributed by atoms with Gasteiger partial charge in [-0.25, -0.2) is 8.42 Å². The molecule has 0 aliphatic carbocycles. The lowest BCUT2D eigenvalue weighted by Gasteiger charge is -2.17. The zero-order chi connectivity index (χ0) is 19.4. The highest BCUT2D eigenvalue weighted by molar-refractivity contribution is 7.90. The first-order chi connectivity index (χ1) is 12.8. The van der Waals surface area contributed by atoms with Gasteiger partial charge in [-0.1, -0.05) is 0 Å². The van der Waals surface area contributed by atoms with E-state index >= 15 is 0 Å². The molecule has 10 heteroatoms. The van der Waals surface area contributed by atoms with Crippen molar-refractivity contribution in [2.75, 3.05) is 32.5 Å². The fourth-order valence-electron chi connectivity index (χ4n) is 3.19. The van der Waals surface area contributed by atoms with Gasteiger partial charge in [0.2, 0.25) is 5.91 Å². The number of hydrogen-bond donors (Lipinski definition) is 2.